The second kappa shape index (κ2) is 14.1. The minimum atomic E-state index is -0.799. The summed E-state index contributed by atoms with van der Waals surface area (Å²) in [6, 6.07) is 17.7. The molecule has 1 aliphatic heterocycles. The van der Waals surface area contributed by atoms with E-state index in [2.05, 4.69) is 20.9 Å². The monoisotopic (exact) mass is 710 g/mol. The van der Waals surface area contributed by atoms with E-state index in [1.807, 2.05) is 62.4 Å². The first-order valence-electron chi connectivity index (χ1n) is 14.3. The van der Waals surface area contributed by atoms with Crippen molar-refractivity contribution in [2.24, 2.45) is 4.99 Å². The lowest BCUT2D eigenvalue weighted by Crippen LogP contribution is -2.40. The van der Waals surface area contributed by atoms with E-state index in [-0.39, 0.29) is 23.8 Å². The van der Waals surface area contributed by atoms with Crippen molar-refractivity contribution in [3.63, 3.8) is 0 Å². The molecule has 234 valence electrons. The van der Waals surface area contributed by atoms with Crippen LogP contribution in [0.5, 0.6) is 17.2 Å². The van der Waals surface area contributed by atoms with Crippen LogP contribution in [0.3, 0.4) is 0 Å². The van der Waals surface area contributed by atoms with Crippen molar-refractivity contribution in [1.29, 1.82) is 0 Å². The number of ether oxygens (including phenoxy) is 4. The maximum atomic E-state index is 14.2. The van der Waals surface area contributed by atoms with Crippen LogP contribution in [0.15, 0.2) is 86.2 Å². The van der Waals surface area contributed by atoms with Gasteiger partial charge >= 0.3 is 5.97 Å². The number of halogens is 2. The van der Waals surface area contributed by atoms with Crippen LogP contribution >= 0.6 is 38.9 Å². The van der Waals surface area contributed by atoms with Crippen LogP contribution < -0.4 is 29.1 Å². The second-order valence-corrected chi connectivity index (χ2v) is 12.8. The van der Waals surface area contributed by atoms with E-state index in [9.17, 15) is 9.59 Å². The Morgan fingerprint density at radius 3 is 2.51 bits per heavy atom. The van der Waals surface area contributed by atoms with E-state index >= 15 is 0 Å². The molecule has 0 radical (unpaired) electrons. The lowest BCUT2D eigenvalue weighted by Gasteiger charge is -2.25. The fourth-order valence-electron chi connectivity index (χ4n) is 4.96. The number of hydrogen-bond donors (Lipinski definition) is 0. The molecular weight excluding hydrogens is 680 g/mol. The van der Waals surface area contributed by atoms with Gasteiger partial charge in [-0.1, -0.05) is 57.1 Å². The van der Waals surface area contributed by atoms with E-state index in [0.717, 1.165) is 10.0 Å². The zero-order valence-electron chi connectivity index (χ0n) is 25.4. The molecule has 11 heteroatoms. The molecule has 0 bridgehead atoms. The highest BCUT2D eigenvalue weighted by Gasteiger charge is 2.34. The lowest BCUT2D eigenvalue weighted by atomic mass is 9.95. The molecular formula is C34H32BrClN2O6S. The van der Waals surface area contributed by atoms with Gasteiger partial charge < -0.3 is 18.9 Å². The molecule has 0 fully saturated rings. The smallest absolute Gasteiger partial charge is 0.338 e. The highest BCUT2D eigenvalue weighted by Crippen LogP contribution is 2.36. The molecule has 2 heterocycles. The van der Waals surface area contributed by atoms with E-state index in [0.29, 0.717) is 55.0 Å². The third kappa shape index (κ3) is 7.19. The van der Waals surface area contributed by atoms with Crippen LogP contribution in [-0.4, -0.2) is 30.4 Å². The standard InChI is InChI=1S/C34H32BrClN2O6S/c1-6-42-33(40)30-20(4)37-34-38(31(30)22-9-13-27(44-19(2)3)28(16-22)41-5)32(39)29(45-34)17-23-15-24(35)10-14-26(23)43-18-21-7-11-25(36)12-8-21/h7-17,19,31H,6,18H2,1-5H3/b29-17-/t31-/m1/s1. The zero-order chi connectivity index (χ0) is 32.2. The van der Waals surface area contributed by atoms with Gasteiger partial charge in [0, 0.05) is 15.1 Å². The number of allylic oxidation sites excluding steroid dienone is 1. The Bertz CT molecular complexity index is 1950. The third-order valence-electron chi connectivity index (χ3n) is 6.95. The van der Waals surface area contributed by atoms with Gasteiger partial charge in [-0.15, -0.1) is 0 Å². The van der Waals surface area contributed by atoms with Gasteiger partial charge in [0.15, 0.2) is 16.3 Å². The fraction of sp³-hybridized carbons (Fsp3) is 0.265. The Hall–Kier alpha value is -3.86. The summed E-state index contributed by atoms with van der Waals surface area (Å²) in [6.07, 6.45) is 1.71. The summed E-state index contributed by atoms with van der Waals surface area (Å²) < 4.78 is 25.9. The molecule has 0 unspecified atom stereocenters. The average molecular weight is 712 g/mol. The number of carbonyl (C=O) groups excluding carboxylic acids is 1. The van der Waals surface area contributed by atoms with Crippen molar-refractivity contribution in [2.45, 2.75) is 46.4 Å². The Balaban J connectivity index is 1.63. The number of benzene rings is 3. The first kappa shape index (κ1) is 32.5. The van der Waals surface area contributed by atoms with Crippen molar-refractivity contribution < 1.29 is 23.7 Å². The summed E-state index contributed by atoms with van der Waals surface area (Å²) >= 11 is 10.8. The number of esters is 1. The fourth-order valence-corrected chi connectivity index (χ4v) is 6.50. The van der Waals surface area contributed by atoms with Gasteiger partial charge in [0.1, 0.15) is 12.4 Å². The summed E-state index contributed by atoms with van der Waals surface area (Å²) in [4.78, 5) is 32.7. The van der Waals surface area contributed by atoms with Gasteiger partial charge in [0.2, 0.25) is 0 Å². The van der Waals surface area contributed by atoms with Crippen molar-refractivity contribution in [1.82, 2.24) is 4.57 Å². The molecule has 0 saturated heterocycles. The molecule has 8 nitrogen and oxygen atoms in total. The molecule has 3 aromatic carbocycles. The van der Waals surface area contributed by atoms with Gasteiger partial charge in [-0.05, 0) is 87.4 Å². The van der Waals surface area contributed by atoms with Crippen LogP contribution in [0.25, 0.3) is 6.08 Å². The van der Waals surface area contributed by atoms with E-state index < -0.39 is 12.0 Å². The third-order valence-corrected chi connectivity index (χ3v) is 8.68. The minimum absolute atomic E-state index is 0.0715. The molecule has 1 atom stereocenters. The quantitative estimate of drug-likeness (QED) is 0.173. The predicted octanol–water partition coefficient (Wildman–Crippen LogP) is 6.59. The molecule has 0 saturated carbocycles. The first-order valence-corrected chi connectivity index (χ1v) is 16.3. The topological polar surface area (TPSA) is 88.4 Å². The molecule has 0 spiro atoms. The number of nitrogens with zero attached hydrogens (tertiary/aromatic N) is 2. The van der Waals surface area contributed by atoms with E-state index in [4.69, 9.17) is 30.5 Å². The van der Waals surface area contributed by atoms with Crippen LogP contribution in [0.4, 0.5) is 0 Å². The summed E-state index contributed by atoms with van der Waals surface area (Å²) in [5, 5.41) is 0.649. The molecule has 0 amide bonds. The van der Waals surface area contributed by atoms with Crippen molar-refractivity contribution in [3.05, 3.63) is 118 Å². The molecule has 1 aromatic heterocycles. The van der Waals surface area contributed by atoms with Gasteiger partial charge in [0.05, 0.1) is 41.7 Å². The van der Waals surface area contributed by atoms with Crippen LogP contribution in [0, 0.1) is 0 Å². The first-order chi connectivity index (χ1) is 21.6. The number of hydrogen-bond acceptors (Lipinski definition) is 8. The number of thiazole rings is 1. The number of methoxy groups -OCH3 is 1. The Morgan fingerprint density at radius 2 is 1.82 bits per heavy atom. The Kier molecular flexibility index (Phi) is 10.2. The number of rotatable bonds is 10. The van der Waals surface area contributed by atoms with Gasteiger partial charge in [0.25, 0.3) is 5.56 Å². The molecule has 45 heavy (non-hydrogen) atoms. The van der Waals surface area contributed by atoms with Crippen molar-refractivity contribution in [3.8, 4) is 17.2 Å². The summed E-state index contributed by atoms with van der Waals surface area (Å²) in [5.74, 6) is 1.11. The molecule has 0 aliphatic carbocycles. The van der Waals surface area contributed by atoms with Gasteiger partial charge in [-0.2, -0.15) is 0 Å². The average Bonchev–Trinajstić information content (AvgIpc) is 3.30. The number of carbonyl (C=O) groups is 1. The molecule has 0 N–H and O–H groups in total. The van der Waals surface area contributed by atoms with Crippen LogP contribution in [0.1, 0.15) is 50.4 Å². The van der Waals surface area contributed by atoms with E-state index in [1.165, 1.54) is 11.3 Å². The predicted molar refractivity (Wildman–Crippen MR) is 179 cm³/mol. The molecule has 5 rings (SSSR count). The number of fused-ring (bicyclic) bond motifs is 1. The normalized spacial score (nSPS) is 14.7. The molecule has 1 aliphatic rings. The SMILES string of the molecule is CCOC(=O)C1=C(C)N=c2s/c(=C\c3cc(Br)ccc3OCc3ccc(Cl)cc3)c(=O)n2[C@@H]1c1ccc(OC(C)C)c(OC)c1. The largest absolute Gasteiger partial charge is 0.493 e. The van der Waals surface area contributed by atoms with Crippen molar-refractivity contribution in [2.75, 3.05) is 13.7 Å². The van der Waals surface area contributed by atoms with Crippen molar-refractivity contribution >= 4 is 50.9 Å². The second-order valence-electron chi connectivity index (χ2n) is 10.5. The summed E-state index contributed by atoms with van der Waals surface area (Å²) in [5.41, 5.74) is 2.77. The highest BCUT2D eigenvalue weighted by atomic mass is 79.9. The van der Waals surface area contributed by atoms with Gasteiger partial charge in [-0.3, -0.25) is 9.36 Å². The van der Waals surface area contributed by atoms with E-state index in [1.54, 1.807) is 43.7 Å². The van der Waals surface area contributed by atoms with Crippen LogP contribution in [0.2, 0.25) is 5.02 Å². The highest BCUT2D eigenvalue weighted by molar-refractivity contribution is 9.10. The van der Waals surface area contributed by atoms with Crippen LogP contribution in [-0.2, 0) is 16.1 Å². The maximum Gasteiger partial charge on any atom is 0.338 e. The maximum absolute atomic E-state index is 14.2. The molecule has 4 aromatic rings. The number of aromatic nitrogens is 1. The summed E-state index contributed by atoms with van der Waals surface area (Å²) in [6.45, 7) is 7.84. The minimum Gasteiger partial charge on any atom is -0.493 e. The Morgan fingerprint density at radius 1 is 1.09 bits per heavy atom. The summed E-state index contributed by atoms with van der Waals surface area (Å²) in [7, 11) is 1.55. The zero-order valence-corrected chi connectivity index (χ0v) is 28.6. The van der Waals surface area contributed by atoms with Gasteiger partial charge in [-0.25, -0.2) is 9.79 Å². The lowest BCUT2D eigenvalue weighted by molar-refractivity contribution is -0.139. The Labute approximate surface area is 278 Å².